The van der Waals surface area contributed by atoms with E-state index in [1.54, 1.807) is 0 Å². The summed E-state index contributed by atoms with van der Waals surface area (Å²) in [5, 5.41) is 2.93. The Morgan fingerprint density at radius 3 is 2.91 bits per heavy atom. The first kappa shape index (κ1) is 16.3. The molecule has 1 aromatic rings. The molecule has 1 aliphatic rings. The predicted molar refractivity (Wildman–Crippen MR) is 81.1 cm³/mol. The van der Waals surface area contributed by atoms with Crippen molar-refractivity contribution in [1.82, 2.24) is 10.2 Å². The van der Waals surface area contributed by atoms with E-state index in [9.17, 15) is 9.59 Å². The minimum absolute atomic E-state index is 0.193. The zero-order chi connectivity index (χ0) is 16.1. The van der Waals surface area contributed by atoms with E-state index in [1.165, 1.54) is 11.0 Å². The third-order valence-corrected chi connectivity index (χ3v) is 3.72. The number of nitrogens with one attached hydrogen (secondary N) is 1. The van der Waals surface area contributed by atoms with Crippen LogP contribution in [0.15, 0.2) is 29.2 Å². The number of carbonyl (C=O) groups is 2. The van der Waals surface area contributed by atoms with Crippen LogP contribution in [0.4, 0.5) is 0 Å². The maximum atomic E-state index is 12.5. The summed E-state index contributed by atoms with van der Waals surface area (Å²) in [6, 6.07) is 2.86. The molecule has 1 aliphatic heterocycles. The Bertz CT molecular complexity index is 552. The molecule has 6 heteroatoms. The highest BCUT2D eigenvalue weighted by atomic mass is 16.5. The van der Waals surface area contributed by atoms with Gasteiger partial charge in [0.1, 0.15) is 17.6 Å². The molecule has 0 unspecified atom stereocenters. The van der Waals surface area contributed by atoms with E-state index < -0.39 is 6.04 Å². The number of rotatable bonds is 5. The third-order valence-electron chi connectivity index (χ3n) is 3.72. The molecule has 0 aromatic carbocycles. The Balaban J connectivity index is 2.08. The largest absolute Gasteiger partial charge is 0.464 e. The van der Waals surface area contributed by atoms with E-state index in [2.05, 4.69) is 11.9 Å². The van der Waals surface area contributed by atoms with Crippen LogP contribution in [0.2, 0.25) is 0 Å². The lowest BCUT2D eigenvalue weighted by Crippen LogP contribution is -2.55. The summed E-state index contributed by atoms with van der Waals surface area (Å²) in [5.74, 6) is 1.01. The molecule has 1 aromatic heterocycles. The predicted octanol–water partition coefficient (Wildman–Crippen LogP) is 1.57. The minimum atomic E-state index is -0.635. The monoisotopic (exact) mass is 306 g/mol. The standard InChI is InChI=1S/C16H22N2O4/c1-4-12(14-7-6-11(3)22-14)17-16(20)13-10-21-9-8-18(13)15(19)5-2/h5-7,12-13H,2,4,8-10H2,1,3H3,(H,17,20)/t12-,13+/m1/s1. The summed E-state index contributed by atoms with van der Waals surface area (Å²) in [7, 11) is 0. The van der Waals surface area contributed by atoms with E-state index in [4.69, 9.17) is 9.15 Å². The molecule has 2 amide bonds. The van der Waals surface area contributed by atoms with Gasteiger partial charge in [-0.3, -0.25) is 9.59 Å². The van der Waals surface area contributed by atoms with Crippen LogP contribution in [0.1, 0.15) is 30.9 Å². The second-order valence-corrected chi connectivity index (χ2v) is 5.24. The Kier molecular flexibility index (Phi) is 5.38. The maximum Gasteiger partial charge on any atom is 0.246 e. The Labute approximate surface area is 130 Å². The van der Waals surface area contributed by atoms with E-state index >= 15 is 0 Å². The number of hydrogen-bond acceptors (Lipinski definition) is 4. The summed E-state index contributed by atoms with van der Waals surface area (Å²) < 4.78 is 10.9. The van der Waals surface area contributed by atoms with E-state index in [-0.39, 0.29) is 24.5 Å². The number of ether oxygens (including phenoxy) is 1. The van der Waals surface area contributed by atoms with Crippen LogP contribution in [0.5, 0.6) is 0 Å². The second-order valence-electron chi connectivity index (χ2n) is 5.24. The van der Waals surface area contributed by atoms with Crippen molar-refractivity contribution < 1.29 is 18.7 Å². The van der Waals surface area contributed by atoms with Gasteiger partial charge in [0.05, 0.1) is 19.3 Å². The molecule has 0 aliphatic carbocycles. The van der Waals surface area contributed by atoms with Crippen molar-refractivity contribution in [1.29, 1.82) is 0 Å². The van der Waals surface area contributed by atoms with E-state index in [0.717, 1.165) is 5.76 Å². The van der Waals surface area contributed by atoms with Gasteiger partial charge in [0.2, 0.25) is 11.8 Å². The van der Waals surface area contributed by atoms with Crippen molar-refractivity contribution >= 4 is 11.8 Å². The number of nitrogens with zero attached hydrogens (tertiary/aromatic N) is 1. The normalized spacial score (nSPS) is 19.5. The van der Waals surface area contributed by atoms with Gasteiger partial charge in [0.15, 0.2) is 0 Å². The van der Waals surface area contributed by atoms with Crippen molar-refractivity contribution in [2.24, 2.45) is 0 Å². The molecule has 0 spiro atoms. The molecular weight excluding hydrogens is 284 g/mol. The lowest BCUT2D eigenvalue weighted by Gasteiger charge is -2.34. The van der Waals surface area contributed by atoms with Gasteiger partial charge in [0.25, 0.3) is 0 Å². The quantitative estimate of drug-likeness (QED) is 0.838. The molecule has 1 saturated heterocycles. The van der Waals surface area contributed by atoms with Gasteiger partial charge < -0.3 is 19.4 Å². The Morgan fingerprint density at radius 1 is 1.55 bits per heavy atom. The van der Waals surface area contributed by atoms with Gasteiger partial charge in [-0.25, -0.2) is 0 Å². The summed E-state index contributed by atoms with van der Waals surface area (Å²) >= 11 is 0. The summed E-state index contributed by atoms with van der Waals surface area (Å²) in [6.45, 7) is 8.31. The highest BCUT2D eigenvalue weighted by Crippen LogP contribution is 2.20. The number of furan rings is 1. The van der Waals surface area contributed by atoms with Crippen molar-refractivity contribution in [2.75, 3.05) is 19.8 Å². The SMILES string of the molecule is C=CC(=O)N1CCOC[C@H]1C(=O)N[C@H](CC)c1ccc(C)o1. The van der Waals surface area contributed by atoms with Gasteiger partial charge in [-0.05, 0) is 31.6 Å². The molecule has 6 nitrogen and oxygen atoms in total. The first-order chi connectivity index (χ1) is 10.6. The molecule has 2 rings (SSSR count). The summed E-state index contributed by atoms with van der Waals surface area (Å²) in [6.07, 6.45) is 1.92. The smallest absolute Gasteiger partial charge is 0.246 e. The average Bonchev–Trinajstić information content (AvgIpc) is 2.97. The molecule has 1 fully saturated rings. The van der Waals surface area contributed by atoms with Crippen LogP contribution < -0.4 is 5.32 Å². The number of carbonyl (C=O) groups excluding carboxylic acids is 2. The van der Waals surface area contributed by atoms with Crippen molar-refractivity contribution in [2.45, 2.75) is 32.4 Å². The van der Waals surface area contributed by atoms with Gasteiger partial charge >= 0.3 is 0 Å². The molecule has 0 radical (unpaired) electrons. The van der Waals surface area contributed by atoms with Gasteiger partial charge in [0, 0.05) is 6.54 Å². The molecule has 0 saturated carbocycles. The second kappa shape index (κ2) is 7.26. The fraction of sp³-hybridized carbons (Fsp3) is 0.500. The number of amides is 2. The van der Waals surface area contributed by atoms with Gasteiger partial charge in [-0.15, -0.1) is 0 Å². The first-order valence-electron chi connectivity index (χ1n) is 7.44. The number of hydrogen-bond donors (Lipinski definition) is 1. The molecule has 1 N–H and O–H groups in total. The lowest BCUT2D eigenvalue weighted by molar-refractivity contribution is -0.145. The van der Waals surface area contributed by atoms with Crippen molar-refractivity contribution in [3.63, 3.8) is 0 Å². The summed E-state index contributed by atoms with van der Waals surface area (Å²) in [4.78, 5) is 25.9. The highest BCUT2D eigenvalue weighted by Gasteiger charge is 2.33. The number of morpholine rings is 1. The molecule has 0 bridgehead atoms. The van der Waals surface area contributed by atoms with E-state index in [1.807, 2.05) is 26.0 Å². The summed E-state index contributed by atoms with van der Waals surface area (Å²) in [5.41, 5.74) is 0. The third kappa shape index (κ3) is 3.57. The Hall–Kier alpha value is -2.08. The molecular formula is C16H22N2O4. The van der Waals surface area contributed by atoms with Crippen molar-refractivity contribution in [3.8, 4) is 0 Å². The van der Waals surface area contributed by atoms with Crippen LogP contribution >= 0.6 is 0 Å². The Morgan fingerprint density at radius 2 is 2.32 bits per heavy atom. The fourth-order valence-electron chi connectivity index (χ4n) is 2.48. The molecule has 22 heavy (non-hydrogen) atoms. The van der Waals surface area contributed by atoms with Crippen molar-refractivity contribution in [3.05, 3.63) is 36.3 Å². The highest BCUT2D eigenvalue weighted by molar-refractivity contribution is 5.93. The molecule has 2 atom stereocenters. The van der Waals surface area contributed by atoms with Crippen LogP contribution in [0, 0.1) is 6.92 Å². The van der Waals surface area contributed by atoms with Crippen LogP contribution in [0.3, 0.4) is 0 Å². The zero-order valence-electron chi connectivity index (χ0n) is 13.0. The van der Waals surface area contributed by atoms with Crippen LogP contribution in [-0.2, 0) is 14.3 Å². The maximum absolute atomic E-state index is 12.5. The molecule has 2 heterocycles. The lowest BCUT2D eigenvalue weighted by atomic mass is 10.1. The zero-order valence-corrected chi connectivity index (χ0v) is 13.0. The molecule has 120 valence electrons. The first-order valence-corrected chi connectivity index (χ1v) is 7.44. The van der Waals surface area contributed by atoms with Gasteiger partial charge in [-0.2, -0.15) is 0 Å². The van der Waals surface area contributed by atoms with Gasteiger partial charge in [-0.1, -0.05) is 13.5 Å². The minimum Gasteiger partial charge on any atom is -0.464 e. The average molecular weight is 306 g/mol. The topological polar surface area (TPSA) is 71.8 Å². The van der Waals surface area contributed by atoms with Crippen LogP contribution in [-0.4, -0.2) is 42.5 Å². The number of aryl methyl sites for hydroxylation is 1. The van der Waals surface area contributed by atoms with Crippen LogP contribution in [0.25, 0.3) is 0 Å². The fourth-order valence-corrected chi connectivity index (χ4v) is 2.48. The van der Waals surface area contributed by atoms with E-state index in [0.29, 0.717) is 25.3 Å².